The molecule has 2 aliphatic heterocycles. The quantitative estimate of drug-likeness (QED) is 0.773. The van der Waals surface area contributed by atoms with Gasteiger partial charge in [-0.1, -0.05) is 24.6 Å². The van der Waals surface area contributed by atoms with Crippen LogP contribution in [-0.4, -0.2) is 23.0 Å². The third-order valence-electron chi connectivity index (χ3n) is 3.90. The largest absolute Gasteiger partial charge is 0.308 e. The zero-order valence-electron chi connectivity index (χ0n) is 10.8. The molecule has 0 radical (unpaired) electrons. The predicted molar refractivity (Wildman–Crippen MR) is 77.2 cm³/mol. The Labute approximate surface area is 113 Å². The highest BCUT2D eigenvalue weighted by atomic mass is 32.2. The molecule has 3 rings (SSSR count). The van der Waals surface area contributed by atoms with Crippen molar-refractivity contribution in [2.45, 2.75) is 43.9 Å². The van der Waals surface area contributed by atoms with E-state index in [0.29, 0.717) is 11.9 Å². The van der Waals surface area contributed by atoms with Gasteiger partial charge in [-0.15, -0.1) is 11.8 Å². The van der Waals surface area contributed by atoms with Gasteiger partial charge in [-0.25, -0.2) is 0 Å². The molecule has 1 aromatic rings. The van der Waals surface area contributed by atoms with Crippen LogP contribution in [0.4, 0.5) is 5.69 Å². The van der Waals surface area contributed by atoms with Crippen LogP contribution in [-0.2, 0) is 11.2 Å². The van der Waals surface area contributed by atoms with Crippen molar-refractivity contribution in [3.8, 4) is 0 Å². The molecule has 1 fully saturated rings. The van der Waals surface area contributed by atoms with Crippen LogP contribution >= 0.6 is 11.8 Å². The maximum absolute atomic E-state index is 12.7. The highest BCUT2D eigenvalue weighted by molar-refractivity contribution is 8.00. The number of carbonyl (C=O) groups excluding carboxylic acids is 1. The number of para-hydroxylation sites is 1. The zero-order valence-corrected chi connectivity index (χ0v) is 11.6. The number of thioether (sulfide) groups is 1. The van der Waals surface area contributed by atoms with Crippen LogP contribution in [0, 0.1) is 0 Å². The molecule has 1 saturated heterocycles. The summed E-state index contributed by atoms with van der Waals surface area (Å²) in [6.45, 7) is 2.16. The molecule has 2 unspecified atom stereocenters. The SMILES string of the molecule is CC1Cc2ccccc2N1C(=O)C1CCCCS1. The minimum atomic E-state index is 0.187. The molecule has 2 heterocycles. The van der Waals surface area contributed by atoms with Gasteiger partial charge < -0.3 is 4.90 Å². The first-order valence-electron chi connectivity index (χ1n) is 6.80. The number of hydrogen-bond acceptors (Lipinski definition) is 2. The van der Waals surface area contributed by atoms with E-state index in [1.165, 1.54) is 18.4 Å². The summed E-state index contributed by atoms with van der Waals surface area (Å²) in [6.07, 6.45) is 4.52. The average Bonchev–Trinajstić information content (AvgIpc) is 2.75. The molecule has 0 N–H and O–H groups in total. The molecule has 2 nitrogen and oxygen atoms in total. The molecular weight excluding hydrogens is 242 g/mol. The van der Waals surface area contributed by atoms with Crippen LogP contribution in [0.1, 0.15) is 31.7 Å². The minimum absolute atomic E-state index is 0.187. The van der Waals surface area contributed by atoms with Gasteiger partial charge in [0.2, 0.25) is 5.91 Å². The second-order valence-electron chi connectivity index (χ2n) is 5.25. The Morgan fingerprint density at radius 1 is 1.33 bits per heavy atom. The Kier molecular flexibility index (Phi) is 3.33. The number of amides is 1. The smallest absolute Gasteiger partial charge is 0.240 e. The van der Waals surface area contributed by atoms with E-state index in [-0.39, 0.29) is 5.25 Å². The van der Waals surface area contributed by atoms with E-state index in [2.05, 4.69) is 25.1 Å². The summed E-state index contributed by atoms with van der Waals surface area (Å²) in [5.74, 6) is 1.47. The highest BCUT2D eigenvalue weighted by Crippen LogP contribution is 2.35. The summed E-state index contributed by atoms with van der Waals surface area (Å²) in [5.41, 5.74) is 2.46. The van der Waals surface area contributed by atoms with Crippen molar-refractivity contribution in [3.05, 3.63) is 29.8 Å². The van der Waals surface area contributed by atoms with Crippen molar-refractivity contribution < 1.29 is 4.79 Å². The molecule has 0 spiro atoms. The lowest BCUT2D eigenvalue weighted by Crippen LogP contribution is -2.42. The molecule has 0 bridgehead atoms. The molecule has 2 aliphatic rings. The monoisotopic (exact) mass is 261 g/mol. The summed E-state index contributed by atoms with van der Waals surface area (Å²) >= 11 is 1.84. The molecule has 1 amide bonds. The van der Waals surface area contributed by atoms with Crippen LogP contribution in [0.15, 0.2) is 24.3 Å². The Balaban J connectivity index is 1.85. The number of fused-ring (bicyclic) bond motifs is 1. The van der Waals surface area contributed by atoms with Crippen LogP contribution in [0.3, 0.4) is 0 Å². The highest BCUT2D eigenvalue weighted by Gasteiger charge is 2.35. The summed E-state index contributed by atoms with van der Waals surface area (Å²) in [5, 5.41) is 0.187. The average molecular weight is 261 g/mol. The van der Waals surface area contributed by atoms with E-state index in [0.717, 1.165) is 24.3 Å². The third-order valence-corrected chi connectivity index (χ3v) is 5.26. The number of benzene rings is 1. The van der Waals surface area contributed by atoms with Gasteiger partial charge in [-0.05, 0) is 43.6 Å². The van der Waals surface area contributed by atoms with Crippen molar-refractivity contribution in [2.24, 2.45) is 0 Å². The van der Waals surface area contributed by atoms with Crippen molar-refractivity contribution >= 4 is 23.4 Å². The van der Waals surface area contributed by atoms with Crippen LogP contribution < -0.4 is 4.90 Å². The van der Waals surface area contributed by atoms with Crippen molar-refractivity contribution in [3.63, 3.8) is 0 Å². The minimum Gasteiger partial charge on any atom is -0.308 e. The standard InChI is InChI=1S/C15H19NOS/c1-11-10-12-6-2-3-7-13(12)16(11)15(17)14-8-4-5-9-18-14/h2-3,6-7,11,14H,4-5,8-10H2,1H3. The summed E-state index contributed by atoms with van der Waals surface area (Å²) in [4.78, 5) is 14.7. The van der Waals surface area contributed by atoms with Gasteiger partial charge in [-0.2, -0.15) is 0 Å². The fourth-order valence-electron chi connectivity index (χ4n) is 2.99. The Morgan fingerprint density at radius 2 is 2.17 bits per heavy atom. The van der Waals surface area contributed by atoms with Gasteiger partial charge in [-0.3, -0.25) is 4.79 Å². The Bertz CT molecular complexity index is 454. The van der Waals surface area contributed by atoms with Crippen LogP contribution in [0.25, 0.3) is 0 Å². The van der Waals surface area contributed by atoms with Crippen molar-refractivity contribution in [1.82, 2.24) is 0 Å². The van der Waals surface area contributed by atoms with Crippen molar-refractivity contribution in [1.29, 1.82) is 0 Å². The number of rotatable bonds is 1. The maximum atomic E-state index is 12.7. The normalized spacial score (nSPS) is 27.1. The zero-order chi connectivity index (χ0) is 12.5. The molecule has 1 aromatic carbocycles. The summed E-state index contributed by atoms with van der Waals surface area (Å²) in [7, 11) is 0. The van der Waals surface area contributed by atoms with Crippen molar-refractivity contribution in [2.75, 3.05) is 10.7 Å². The molecule has 3 heteroatoms. The number of hydrogen-bond donors (Lipinski definition) is 0. The topological polar surface area (TPSA) is 20.3 Å². The fraction of sp³-hybridized carbons (Fsp3) is 0.533. The third kappa shape index (κ3) is 2.05. The molecule has 0 aromatic heterocycles. The van der Waals surface area contributed by atoms with Gasteiger partial charge in [0, 0.05) is 11.7 Å². The molecule has 0 aliphatic carbocycles. The molecule has 0 saturated carbocycles. The van der Waals surface area contributed by atoms with Gasteiger partial charge in [0.1, 0.15) is 0 Å². The van der Waals surface area contributed by atoms with E-state index >= 15 is 0 Å². The Morgan fingerprint density at radius 3 is 2.94 bits per heavy atom. The Hall–Kier alpha value is -0.960. The molecule has 18 heavy (non-hydrogen) atoms. The van der Waals surface area contributed by atoms with E-state index in [4.69, 9.17) is 0 Å². The second kappa shape index (κ2) is 4.96. The number of nitrogens with zero attached hydrogens (tertiary/aromatic N) is 1. The lowest BCUT2D eigenvalue weighted by Gasteiger charge is -2.29. The van der Waals surface area contributed by atoms with E-state index in [9.17, 15) is 4.79 Å². The number of carbonyl (C=O) groups is 1. The van der Waals surface area contributed by atoms with Crippen LogP contribution in [0.5, 0.6) is 0 Å². The first-order valence-corrected chi connectivity index (χ1v) is 7.85. The maximum Gasteiger partial charge on any atom is 0.240 e. The summed E-state index contributed by atoms with van der Waals surface area (Å²) < 4.78 is 0. The van der Waals surface area contributed by atoms with E-state index in [1.54, 1.807) is 0 Å². The number of anilines is 1. The first-order chi connectivity index (χ1) is 8.77. The molecular formula is C15H19NOS. The van der Waals surface area contributed by atoms with Gasteiger partial charge in [0.25, 0.3) is 0 Å². The van der Waals surface area contributed by atoms with Gasteiger partial charge >= 0.3 is 0 Å². The lowest BCUT2D eigenvalue weighted by molar-refractivity contribution is -0.118. The first kappa shape index (κ1) is 12.1. The van der Waals surface area contributed by atoms with E-state index in [1.807, 2.05) is 22.7 Å². The molecule has 96 valence electrons. The fourth-order valence-corrected chi connectivity index (χ4v) is 4.24. The van der Waals surface area contributed by atoms with Crippen LogP contribution in [0.2, 0.25) is 0 Å². The summed E-state index contributed by atoms with van der Waals surface area (Å²) in [6, 6.07) is 8.65. The van der Waals surface area contributed by atoms with Gasteiger partial charge in [0.15, 0.2) is 0 Å². The van der Waals surface area contributed by atoms with Gasteiger partial charge in [0.05, 0.1) is 5.25 Å². The second-order valence-corrected chi connectivity index (χ2v) is 6.56. The molecule has 2 atom stereocenters. The lowest BCUT2D eigenvalue weighted by atomic mass is 10.1. The predicted octanol–water partition coefficient (Wildman–Crippen LogP) is 3.25. The van der Waals surface area contributed by atoms with E-state index < -0.39 is 0 Å².